The average molecular weight is 541 g/mol. The van der Waals surface area contributed by atoms with Crippen LogP contribution in [0.4, 0.5) is 13.2 Å². The number of hydrogen-bond acceptors (Lipinski definition) is 3. The standard InChI is InChI=1S/C20H30F3N5O.HI/c1-25-19(27-14-15-5-4-6-17(13-15)20(21,22)23)26-9-2-3-10-28-11-7-16(8-12-28)18(24)29;/h4-6,13,16H,2-3,7-12,14H2,1H3,(H2,24,29)(H2,25,26,27);1H. The number of likely N-dealkylation sites (tertiary alicyclic amines) is 1. The minimum atomic E-state index is -4.34. The molecule has 1 aliphatic rings. The number of halogens is 4. The van der Waals surface area contributed by atoms with Crippen LogP contribution in [0.3, 0.4) is 0 Å². The molecule has 0 radical (unpaired) electrons. The molecule has 170 valence electrons. The van der Waals surface area contributed by atoms with Crippen LogP contribution in [-0.2, 0) is 17.5 Å². The van der Waals surface area contributed by atoms with Crippen molar-refractivity contribution in [3.8, 4) is 0 Å². The molecule has 4 N–H and O–H groups in total. The van der Waals surface area contributed by atoms with Crippen LogP contribution in [0.1, 0.15) is 36.8 Å². The highest BCUT2D eigenvalue weighted by molar-refractivity contribution is 14.0. The first-order chi connectivity index (χ1) is 13.8. The number of nitrogens with zero attached hydrogens (tertiary/aromatic N) is 2. The Morgan fingerprint density at radius 1 is 1.23 bits per heavy atom. The number of primary amides is 1. The molecule has 1 aliphatic heterocycles. The second kappa shape index (κ2) is 13.0. The number of guanidine groups is 1. The molecule has 30 heavy (non-hydrogen) atoms. The van der Waals surface area contributed by atoms with E-state index >= 15 is 0 Å². The molecule has 1 aromatic carbocycles. The van der Waals surface area contributed by atoms with Gasteiger partial charge in [-0.2, -0.15) is 13.2 Å². The summed E-state index contributed by atoms with van der Waals surface area (Å²) in [5.41, 5.74) is 5.24. The van der Waals surface area contributed by atoms with Crippen molar-refractivity contribution in [1.29, 1.82) is 0 Å². The van der Waals surface area contributed by atoms with Gasteiger partial charge in [-0.1, -0.05) is 12.1 Å². The van der Waals surface area contributed by atoms with Crippen LogP contribution < -0.4 is 16.4 Å². The number of alkyl halides is 3. The fourth-order valence-electron chi connectivity index (χ4n) is 3.37. The summed E-state index contributed by atoms with van der Waals surface area (Å²) < 4.78 is 38.3. The Kier molecular flexibility index (Phi) is 11.5. The lowest BCUT2D eigenvalue weighted by Crippen LogP contribution is -2.39. The number of aliphatic imine (C=N–C) groups is 1. The Hall–Kier alpha value is -1.56. The number of carbonyl (C=O) groups is 1. The van der Waals surface area contributed by atoms with Crippen molar-refractivity contribution in [2.45, 2.75) is 38.4 Å². The Balaban J connectivity index is 0.00000450. The van der Waals surface area contributed by atoms with Gasteiger partial charge in [0.15, 0.2) is 5.96 Å². The summed E-state index contributed by atoms with van der Waals surface area (Å²) in [5.74, 6) is 0.377. The van der Waals surface area contributed by atoms with E-state index in [1.54, 1.807) is 13.1 Å². The lowest BCUT2D eigenvalue weighted by atomic mass is 9.96. The van der Waals surface area contributed by atoms with E-state index in [0.717, 1.165) is 64.0 Å². The van der Waals surface area contributed by atoms with E-state index in [1.165, 1.54) is 6.07 Å². The van der Waals surface area contributed by atoms with Gasteiger partial charge in [0.2, 0.25) is 5.91 Å². The Labute approximate surface area is 192 Å². The summed E-state index contributed by atoms with van der Waals surface area (Å²) in [7, 11) is 1.63. The number of nitrogens with one attached hydrogen (secondary N) is 2. The van der Waals surface area contributed by atoms with Crippen LogP contribution in [-0.4, -0.2) is 50.0 Å². The van der Waals surface area contributed by atoms with Crippen molar-refractivity contribution in [3.05, 3.63) is 35.4 Å². The molecule has 1 heterocycles. The molecule has 1 fully saturated rings. The van der Waals surface area contributed by atoms with Gasteiger partial charge in [-0.15, -0.1) is 24.0 Å². The van der Waals surface area contributed by atoms with Gasteiger partial charge in [0.25, 0.3) is 0 Å². The van der Waals surface area contributed by atoms with Crippen molar-refractivity contribution >= 4 is 35.8 Å². The lowest BCUT2D eigenvalue weighted by molar-refractivity contribution is -0.137. The van der Waals surface area contributed by atoms with E-state index in [2.05, 4.69) is 20.5 Å². The van der Waals surface area contributed by atoms with Crippen molar-refractivity contribution in [3.63, 3.8) is 0 Å². The van der Waals surface area contributed by atoms with Gasteiger partial charge >= 0.3 is 6.18 Å². The van der Waals surface area contributed by atoms with Gasteiger partial charge in [-0.05, 0) is 63.0 Å². The highest BCUT2D eigenvalue weighted by atomic mass is 127. The molecular formula is C20H31F3IN5O. The third-order valence-corrected chi connectivity index (χ3v) is 5.12. The fourth-order valence-corrected chi connectivity index (χ4v) is 3.37. The summed E-state index contributed by atoms with van der Waals surface area (Å²) in [4.78, 5) is 17.6. The number of piperidine rings is 1. The second-order valence-electron chi connectivity index (χ2n) is 7.28. The van der Waals surface area contributed by atoms with E-state index in [1.807, 2.05) is 0 Å². The molecule has 1 amide bonds. The largest absolute Gasteiger partial charge is 0.416 e. The van der Waals surface area contributed by atoms with Crippen molar-refractivity contribution in [2.75, 3.05) is 33.2 Å². The normalized spacial score (nSPS) is 16.1. The number of unbranched alkanes of at least 4 members (excludes halogenated alkanes) is 1. The summed E-state index contributed by atoms with van der Waals surface area (Å²) in [6, 6.07) is 5.26. The van der Waals surface area contributed by atoms with Crippen molar-refractivity contribution in [1.82, 2.24) is 15.5 Å². The topological polar surface area (TPSA) is 82.8 Å². The first-order valence-corrected chi connectivity index (χ1v) is 9.92. The van der Waals surface area contributed by atoms with Crippen molar-refractivity contribution < 1.29 is 18.0 Å². The molecular weight excluding hydrogens is 510 g/mol. The minimum absolute atomic E-state index is 0. The zero-order valence-corrected chi connectivity index (χ0v) is 19.5. The highest BCUT2D eigenvalue weighted by Gasteiger charge is 2.30. The van der Waals surface area contributed by atoms with Crippen LogP contribution >= 0.6 is 24.0 Å². The fraction of sp³-hybridized carbons (Fsp3) is 0.600. The predicted octanol–water partition coefficient (Wildman–Crippen LogP) is 2.97. The van der Waals surface area contributed by atoms with Gasteiger partial charge in [0.1, 0.15) is 0 Å². The van der Waals surface area contributed by atoms with Gasteiger partial charge < -0.3 is 21.3 Å². The summed E-state index contributed by atoms with van der Waals surface area (Å²) in [5, 5.41) is 6.22. The SMILES string of the molecule is CN=C(NCCCCN1CCC(C(N)=O)CC1)NCc1cccc(C(F)(F)F)c1.I. The zero-order chi connectivity index (χ0) is 21.3. The van der Waals surface area contributed by atoms with Crippen LogP contribution in [0, 0.1) is 5.92 Å². The number of hydrogen-bond donors (Lipinski definition) is 3. The van der Waals surface area contributed by atoms with Crippen LogP contribution in [0.2, 0.25) is 0 Å². The molecule has 1 aromatic rings. The van der Waals surface area contributed by atoms with E-state index in [9.17, 15) is 18.0 Å². The summed E-state index contributed by atoms with van der Waals surface area (Å²) in [6.45, 7) is 3.77. The molecule has 0 atom stereocenters. The molecule has 0 unspecified atom stereocenters. The van der Waals surface area contributed by atoms with Gasteiger partial charge in [0.05, 0.1) is 5.56 Å². The smallest absolute Gasteiger partial charge is 0.369 e. The Morgan fingerprint density at radius 2 is 1.93 bits per heavy atom. The van der Waals surface area contributed by atoms with E-state index in [-0.39, 0.29) is 42.3 Å². The maximum atomic E-state index is 12.8. The van der Waals surface area contributed by atoms with E-state index < -0.39 is 11.7 Å². The summed E-state index contributed by atoms with van der Waals surface area (Å²) in [6.07, 6.45) is -0.719. The summed E-state index contributed by atoms with van der Waals surface area (Å²) >= 11 is 0. The van der Waals surface area contributed by atoms with Crippen LogP contribution in [0.15, 0.2) is 29.3 Å². The molecule has 2 rings (SSSR count). The van der Waals surface area contributed by atoms with Crippen LogP contribution in [0.25, 0.3) is 0 Å². The van der Waals surface area contributed by atoms with Gasteiger partial charge in [-0.3, -0.25) is 9.79 Å². The maximum Gasteiger partial charge on any atom is 0.416 e. The monoisotopic (exact) mass is 541 g/mol. The van der Waals surface area contributed by atoms with Crippen molar-refractivity contribution in [2.24, 2.45) is 16.6 Å². The number of carbonyl (C=O) groups excluding carboxylic acids is 1. The number of amides is 1. The van der Waals surface area contributed by atoms with E-state index in [0.29, 0.717) is 11.5 Å². The molecule has 0 aromatic heterocycles. The molecule has 0 bridgehead atoms. The number of rotatable bonds is 8. The van der Waals surface area contributed by atoms with Crippen LogP contribution in [0.5, 0.6) is 0 Å². The van der Waals surface area contributed by atoms with E-state index in [4.69, 9.17) is 5.73 Å². The second-order valence-corrected chi connectivity index (χ2v) is 7.28. The average Bonchev–Trinajstić information content (AvgIpc) is 2.70. The number of nitrogens with two attached hydrogens (primary N) is 1. The first kappa shape index (κ1) is 26.5. The minimum Gasteiger partial charge on any atom is -0.369 e. The maximum absolute atomic E-state index is 12.8. The highest BCUT2D eigenvalue weighted by Crippen LogP contribution is 2.29. The zero-order valence-electron chi connectivity index (χ0n) is 17.2. The Bertz CT molecular complexity index is 691. The van der Waals surface area contributed by atoms with Gasteiger partial charge in [-0.25, -0.2) is 0 Å². The molecule has 0 saturated carbocycles. The quantitative estimate of drug-likeness (QED) is 0.205. The lowest BCUT2D eigenvalue weighted by Gasteiger charge is -2.30. The molecule has 1 saturated heterocycles. The molecule has 6 nitrogen and oxygen atoms in total. The third kappa shape index (κ3) is 9.07. The van der Waals surface area contributed by atoms with Gasteiger partial charge in [0, 0.05) is 26.1 Å². The predicted molar refractivity (Wildman–Crippen MR) is 123 cm³/mol. The molecule has 10 heteroatoms. The molecule has 0 spiro atoms. The third-order valence-electron chi connectivity index (χ3n) is 5.12. The molecule has 0 aliphatic carbocycles. The number of benzene rings is 1. The first-order valence-electron chi connectivity index (χ1n) is 9.92. The Morgan fingerprint density at radius 3 is 2.53 bits per heavy atom.